The fraction of sp³-hybridized carbons (Fsp3) is 0.350. The van der Waals surface area contributed by atoms with Gasteiger partial charge in [-0.3, -0.25) is 4.79 Å². The molecule has 0 bridgehead atoms. The van der Waals surface area contributed by atoms with E-state index in [-0.39, 0.29) is 23.4 Å². The third-order valence-corrected chi connectivity index (χ3v) is 6.56. The third kappa shape index (κ3) is 4.14. The Labute approximate surface area is 160 Å². The van der Waals surface area contributed by atoms with Crippen LogP contribution in [0.4, 0.5) is 11.4 Å². The Hall–Kier alpha value is -2.38. The van der Waals surface area contributed by atoms with Crippen LogP contribution in [-0.2, 0) is 21.2 Å². The van der Waals surface area contributed by atoms with Crippen molar-refractivity contribution in [1.82, 2.24) is 4.72 Å². The van der Waals surface area contributed by atoms with E-state index in [2.05, 4.69) is 27.9 Å². The summed E-state index contributed by atoms with van der Waals surface area (Å²) in [7, 11) is -2.20. The molecule has 2 N–H and O–H groups in total. The number of anilines is 2. The van der Waals surface area contributed by atoms with Gasteiger partial charge in [-0.05, 0) is 63.1 Å². The van der Waals surface area contributed by atoms with Crippen LogP contribution in [0.2, 0.25) is 0 Å². The molecule has 0 saturated carbocycles. The highest BCUT2D eigenvalue weighted by Gasteiger charge is 2.24. The molecule has 1 aliphatic rings. The van der Waals surface area contributed by atoms with Gasteiger partial charge in [0, 0.05) is 17.4 Å². The van der Waals surface area contributed by atoms with E-state index in [1.54, 1.807) is 19.1 Å². The fourth-order valence-electron chi connectivity index (χ4n) is 3.43. The summed E-state index contributed by atoms with van der Waals surface area (Å²) in [6.45, 7) is 4.06. The largest absolute Gasteiger partial charge is 0.359 e. The van der Waals surface area contributed by atoms with E-state index in [9.17, 15) is 13.2 Å². The number of para-hydroxylation sites is 1. The molecule has 1 unspecified atom stereocenters. The van der Waals surface area contributed by atoms with Gasteiger partial charge in [0.1, 0.15) is 0 Å². The second-order valence-electron chi connectivity index (χ2n) is 6.88. The van der Waals surface area contributed by atoms with Crippen LogP contribution < -0.4 is 14.9 Å². The molecule has 1 amide bonds. The third-order valence-electron chi connectivity index (χ3n) is 5.01. The smallest absolute Gasteiger partial charge is 0.243 e. The number of benzene rings is 2. The summed E-state index contributed by atoms with van der Waals surface area (Å²) in [5, 5.41) is 2.83. The van der Waals surface area contributed by atoms with Gasteiger partial charge in [0.15, 0.2) is 0 Å². The lowest BCUT2D eigenvalue weighted by atomic mass is 9.96. The molecule has 3 rings (SSSR count). The summed E-state index contributed by atoms with van der Waals surface area (Å²) < 4.78 is 26.6. The van der Waals surface area contributed by atoms with Crippen molar-refractivity contribution in [2.45, 2.75) is 37.6 Å². The first-order valence-corrected chi connectivity index (χ1v) is 10.5. The maximum absolute atomic E-state index is 12.6. The summed E-state index contributed by atoms with van der Waals surface area (Å²) in [6.07, 6.45) is 2.01. The zero-order valence-electron chi connectivity index (χ0n) is 15.8. The monoisotopic (exact) mass is 387 g/mol. The van der Waals surface area contributed by atoms with Crippen LogP contribution in [0.15, 0.2) is 47.4 Å². The molecule has 0 radical (unpaired) electrons. The van der Waals surface area contributed by atoms with Crippen molar-refractivity contribution in [3.63, 3.8) is 0 Å². The molecule has 6 nitrogen and oxygen atoms in total. The molecule has 0 spiro atoms. The highest BCUT2D eigenvalue weighted by molar-refractivity contribution is 7.89. The summed E-state index contributed by atoms with van der Waals surface area (Å²) in [5.41, 5.74) is 3.44. The number of carbonyl (C=O) groups excluding carboxylic acids is 1. The summed E-state index contributed by atoms with van der Waals surface area (Å²) in [4.78, 5) is 14.9. The van der Waals surface area contributed by atoms with Crippen molar-refractivity contribution in [2.75, 3.05) is 23.8 Å². The van der Waals surface area contributed by atoms with E-state index in [4.69, 9.17) is 0 Å². The lowest BCUT2D eigenvalue weighted by Gasteiger charge is -2.36. The number of fused-ring (bicyclic) bond motifs is 1. The molecule has 0 aromatic heterocycles. The zero-order valence-corrected chi connectivity index (χ0v) is 16.6. The lowest BCUT2D eigenvalue weighted by molar-refractivity contribution is -0.115. The molecule has 0 aliphatic carbocycles. The normalized spacial score (nSPS) is 16.7. The first-order chi connectivity index (χ1) is 12.8. The molecule has 0 fully saturated rings. The first kappa shape index (κ1) is 19.4. The Morgan fingerprint density at radius 2 is 1.96 bits per heavy atom. The van der Waals surface area contributed by atoms with Crippen LogP contribution >= 0.6 is 0 Å². The van der Waals surface area contributed by atoms with Crippen LogP contribution in [0.3, 0.4) is 0 Å². The molecule has 7 heteroatoms. The number of nitrogens with zero attached hydrogens (tertiary/aromatic N) is 1. The molecule has 1 atom stereocenters. The van der Waals surface area contributed by atoms with Gasteiger partial charge in [0.25, 0.3) is 0 Å². The van der Waals surface area contributed by atoms with Crippen molar-refractivity contribution in [2.24, 2.45) is 0 Å². The topological polar surface area (TPSA) is 78.5 Å². The molecular weight excluding hydrogens is 362 g/mol. The second kappa shape index (κ2) is 7.70. The second-order valence-corrected chi connectivity index (χ2v) is 8.74. The van der Waals surface area contributed by atoms with Gasteiger partial charge in [-0.15, -0.1) is 0 Å². The molecule has 2 aromatic rings. The van der Waals surface area contributed by atoms with Gasteiger partial charge in [0.2, 0.25) is 15.9 Å². The van der Waals surface area contributed by atoms with Crippen molar-refractivity contribution >= 4 is 27.3 Å². The average molecular weight is 388 g/mol. The Kier molecular flexibility index (Phi) is 5.53. The molecule has 1 heterocycles. The summed E-state index contributed by atoms with van der Waals surface area (Å²) in [5.74, 6) is -0.171. The number of sulfonamides is 1. The standard InChI is InChI=1S/C20H25N3O3S/c1-14-8-11-17(12-19(14)27(25,26)21-3)22-20(24)13-23-15(2)9-10-16-6-4-5-7-18(16)23/h4-8,11-12,15,21H,9-10,13H2,1-3H3,(H,22,24). The minimum atomic E-state index is -3.57. The van der Waals surface area contributed by atoms with E-state index in [1.165, 1.54) is 18.7 Å². The van der Waals surface area contributed by atoms with Gasteiger partial charge < -0.3 is 10.2 Å². The fourth-order valence-corrected chi connectivity index (χ4v) is 4.43. The maximum atomic E-state index is 12.6. The van der Waals surface area contributed by atoms with Crippen molar-refractivity contribution in [3.05, 3.63) is 53.6 Å². The van der Waals surface area contributed by atoms with E-state index >= 15 is 0 Å². The summed E-state index contributed by atoms with van der Waals surface area (Å²) in [6, 6.07) is 13.3. The maximum Gasteiger partial charge on any atom is 0.243 e. The van der Waals surface area contributed by atoms with Crippen LogP contribution in [0.25, 0.3) is 0 Å². The van der Waals surface area contributed by atoms with Gasteiger partial charge in [0.05, 0.1) is 11.4 Å². The predicted molar refractivity (Wildman–Crippen MR) is 108 cm³/mol. The Morgan fingerprint density at radius 3 is 2.70 bits per heavy atom. The Morgan fingerprint density at radius 1 is 1.22 bits per heavy atom. The highest BCUT2D eigenvalue weighted by Crippen LogP contribution is 2.30. The number of aryl methyl sites for hydroxylation is 2. The van der Waals surface area contributed by atoms with Gasteiger partial charge in [-0.25, -0.2) is 13.1 Å². The highest BCUT2D eigenvalue weighted by atomic mass is 32.2. The summed E-state index contributed by atoms with van der Waals surface area (Å²) >= 11 is 0. The molecule has 27 heavy (non-hydrogen) atoms. The number of amides is 1. The van der Waals surface area contributed by atoms with Crippen LogP contribution in [-0.4, -0.2) is 34.0 Å². The van der Waals surface area contributed by atoms with Crippen molar-refractivity contribution in [3.8, 4) is 0 Å². The first-order valence-electron chi connectivity index (χ1n) is 9.00. The van der Waals surface area contributed by atoms with Crippen molar-refractivity contribution in [1.29, 1.82) is 0 Å². The number of rotatable bonds is 5. The minimum Gasteiger partial charge on any atom is -0.359 e. The van der Waals surface area contributed by atoms with Crippen LogP contribution in [0.1, 0.15) is 24.5 Å². The van der Waals surface area contributed by atoms with E-state index in [1.807, 2.05) is 18.2 Å². The number of nitrogens with one attached hydrogen (secondary N) is 2. The Balaban J connectivity index is 1.78. The van der Waals surface area contributed by atoms with E-state index in [0.29, 0.717) is 11.3 Å². The number of carbonyl (C=O) groups is 1. The number of hydrogen-bond acceptors (Lipinski definition) is 4. The zero-order chi connectivity index (χ0) is 19.6. The molecule has 144 valence electrons. The molecular formula is C20H25N3O3S. The average Bonchev–Trinajstić information content (AvgIpc) is 2.65. The quantitative estimate of drug-likeness (QED) is 0.827. The van der Waals surface area contributed by atoms with Crippen molar-refractivity contribution < 1.29 is 13.2 Å². The van der Waals surface area contributed by atoms with Gasteiger partial charge >= 0.3 is 0 Å². The SMILES string of the molecule is CNS(=O)(=O)c1cc(NC(=O)CN2c3ccccc3CCC2C)ccc1C. The molecule has 0 saturated heterocycles. The minimum absolute atomic E-state index is 0.166. The number of hydrogen-bond donors (Lipinski definition) is 2. The molecule has 2 aromatic carbocycles. The predicted octanol–water partition coefficient (Wildman–Crippen LogP) is 2.68. The van der Waals surface area contributed by atoms with E-state index < -0.39 is 10.0 Å². The van der Waals surface area contributed by atoms with Crippen LogP contribution in [0.5, 0.6) is 0 Å². The lowest BCUT2D eigenvalue weighted by Crippen LogP contribution is -2.42. The Bertz CT molecular complexity index is 957. The van der Waals surface area contributed by atoms with Gasteiger partial charge in [-0.1, -0.05) is 24.3 Å². The van der Waals surface area contributed by atoms with E-state index in [0.717, 1.165) is 18.5 Å². The van der Waals surface area contributed by atoms with Gasteiger partial charge in [-0.2, -0.15) is 0 Å². The molecule has 1 aliphatic heterocycles. The van der Waals surface area contributed by atoms with Crippen LogP contribution in [0, 0.1) is 6.92 Å².